The molecule has 5 aromatic rings. The van der Waals surface area contributed by atoms with Crippen molar-refractivity contribution in [2.45, 2.75) is 60.1 Å². The third-order valence-electron chi connectivity index (χ3n) is 9.47. The molecule has 288 valence electrons. The minimum atomic E-state index is -4.41. The zero-order valence-corrected chi connectivity index (χ0v) is 31.4. The van der Waals surface area contributed by atoms with Gasteiger partial charge in [-0.05, 0) is 136 Å². The van der Waals surface area contributed by atoms with Crippen LogP contribution in [0.2, 0.25) is 0 Å². The van der Waals surface area contributed by atoms with Crippen molar-refractivity contribution in [2.75, 3.05) is 39.3 Å². The lowest BCUT2D eigenvalue weighted by atomic mass is 10.1. The fourth-order valence-electron chi connectivity index (χ4n) is 6.68. The molecule has 2 aromatic heterocycles. The van der Waals surface area contributed by atoms with Crippen LogP contribution in [0, 0.1) is 0 Å². The zero-order chi connectivity index (χ0) is 38.3. The van der Waals surface area contributed by atoms with E-state index in [1.165, 1.54) is 21.0 Å². The molecule has 11 nitrogen and oxygen atoms in total. The standard InChI is InChI=1S/C38H45F3N8O3S2/c39-38(40,41)53-33-11-5-28(6-12-33)25-49(32-15-19-44-20-16-32)54(51,52)34-13-7-29(8-14-34)35-23-30-26-48(37(50)46-36(30)45-35)31-9-3-27(4-10-31)24-47(21-1-17-42)22-2-18-43/h3-14,23,26,32,44H,1-2,15-22,24-25,42-43H2,(H,45,46,50). The molecule has 0 radical (unpaired) electrons. The molecule has 0 unspecified atom stereocenters. The van der Waals surface area contributed by atoms with Gasteiger partial charge >= 0.3 is 11.2 Å². The Morgan fingerprint density at radius 2 is 1.48 bits per heavy atom. The monoisotopic (exact) mass is 782 g/mol. The van der Waals surface area contributed by atoms with Crippen molar-refractivity contribution >= 4 is 32.8 Å². The molecule has 3 heterocycles. The lowest BCUT2D eigenvalue weighted by Gasteiger charge is -2.34. The summed E-state index contributed by atoms with van der Waals surface area (Å²) >= 11 is -0.205. The molecule has 0 atom stereocenters. The Bertz CT molecular complexity index is 2140. The predicted molar refractivity (Wildman–Crippen MR) is 207 cm³/mol. The minimum Gasteiger partial charge on any atom is -0.339 e. The molecule has 1 saturated heterocycles. The summed E-state index contributed by atoms with van der Waals surface area (Å²) in [5, 5.41) is 3.96. The van der Waals surface area contributed by atoms with Gasteiger partial charge in [0.25, 0.3) is 0 Å². The molecule has 16 heteroatoms. The lowest BCUT2D eigenvalue weighted by Crippen LogP contribution is -2.45. The molecule has 3 aromatic carbocycles. The Kier molecular flexibility index (Phi) is 12.9. The molecular formula is C38H45F3N8O3S2. The number of benzene rings is 3. The fourth-order valence-corrected chi connectivity index (χ4v) is 8.89. The summed E-state index contributed by atoms with van der Waals surface area (Å²) in [4.78, 5) is 23.1. The van der Waals surface area contributed by atoms with E-state index < -0.39 is 21.2 Å². The number of aromatic amines is 1. The number of hydrogen-bond acceptors (Lipinski definition) is 9. The first-order valence-electron chi connectivity index (χ1n) is 18.0. The molecule has 1 fully saturated rings. The van der Waals surface area contributed by atoms with E-state index in [2.05, 4.69) is 20.2 Å². The van der Waals surface area contributed by atoms with E-state index in [4.69, 9.17) is 11.5 Å². The molecule has 0 spiro atoms. The number of halogens is 3. The summed E-state index contributed by atoms with van der Waals surface area (Å²) in [5.41, 5.74) is 10.8. The number of H-pyrrole nitrogens is 1. The van der Waals surface area contributed by atoms with E-state index in [-0.39, 0.29) is 34.1 Å². The van der Waals surface area contributed by atoms with Crippen LogP contribution >= 0.6 is 11.8 Å². The highest BCUT2D eigenvalue weighted by Crippen LogP contribution is 2.37. The van der Waals surface area contributed by atoms with Crippen LogP contribution in [-0.4, -0.2) is 83.0 Å². The molecule has 6 rings (SSSR count). The third kappa shape index (κ3) is 9.98. The number of rotatable bonds is 16. The smallest absolute Gasteiger partial charge is 0.339 e. The summed E-state index contributed by atoms with van der Waals surface area (Å²) in [7, 11) is -3.98. The normalized spacial score (nSPS) is 14.4. The molecule has 6 N–H and O–H groups in total. The maximum atomic E-state index is 14.1. The SMILES string of the molecule is NCCCN(CCCN)Cc1ccc(-n2cc3cc(-c4ccc(S(=O)(=O)N(Cc5ccc(SC(F)(F)F)cc5)C5CCNCC5)cc4)[nH]c3nc2=O)cc1. The summed E-state index contributed by atoms with van der Waals surface area (Å²) in [6.07, 6.45) is 4.75. The summed E-state index contributed by atoms with van der Waals surface area (Å²) in [6, 6.07) is 21.7. The molecular weight excluding hydrogens is 738 g/mol. The van der Waals surface area contributed by atoms with Crippen LogP contribution in [0.4, 0.5) is 13.2 Å². The first-order valence-corrected chi connectivity index (χ1v) is 20.2. The lowest BCUT2D eigenvalue weighted by molar-refractivity contribution is -0.0328. The van der Waals surface area contributed by atoms with Crippen LogP contribution in [0.5, 0.6) is 0 Å². The van der Waals surface area contributed by atoms with Crippen molar-refractivity contribution < 1.29 is 21.6 Å². The number of fused-ring (bicyclic) bond motifs is 1. The van der Waals surface area contributed by atoms with Gasteiger partial charge in [-0.25, -0.2) is 13.2 Å². The van der Waals surface area contributed by atoms with Gasteiger partial charge in [0, 0.05) is 41.3 Å². The van der Waals surface area contributed by atoms with E-state index in [0.29, 0.717) is 72.6 Å². The summed E-state index contributed by atoms with van der Waals surface area (Å²) in [5.74, 6) is 0. The second-order valence-electron chi connectivity index (χ2n) is 13.4. The highest BCUT2D eigenvalue weighted by atomic mass is 32.2. The minimum absolute atomic E-state index is 0.0295. The number of piperidine rings is 1. The van der Waals surface area contributed by atoms with Gasteiger partial charge in [-0.3, -0.25) is 9.47 Å². The summed E-state index contributed by atoms with van der Waals surface area (Å²) in [6.45, 7) is 5.12. The Balaban J connectivity index is 1.20. The van der Waals surface area contributed by atoms with Gasteiger partial charge in [-0.2, -0.15) is 22.5 Å². The molecule has 1 aliphatic heterocycles. The molecule has 1 aliphatic rings. The maximum absolute atomic E-state index is 14.1. The number of nitrogens with two attached hydrogens (primary N) is 2. The van der Waals surface area contributed by atoms with Crippen molar-refractivity contribution in [3.05, 3.63) is 107 Å². The fraction of sp³-hybridized carbons (Fsp3) is 0.368. The van der Waals surface area contributed by atoms with Crippen LogP contribution in [0.15, 0.2) is 99.6 Å². The maximum Gasteiger partial charge on any atom is 0.446 e. The first kappa shape index (κ1) is 39.7. The van der Waals surface area contributed by atoms with Gasteiger partial charge in [0.05, 0.1) is 10.6 Å². The van der Waals surface area contributed by atoms with Gasteiger partial charge < -0.3 is 21.8 Å². The number of thioether (sulfide) groups is 1. The number of nitrogens with one attached hydrogen (secondary N) is 2. The van der Waals surface area contributed by atoms with Gasteiger partial charge in [0.1, 0.15) is 5.65 Å². The van der Waals surface area contributed by atoms with Crippen LogP contribution in [0.25, 0.3) is 28.0 Å². The Morgan fingerprint density at radius 3 is 2.09 bits per heavy atom. The van der Waals surface area contributed by atoms with E-state index in [0.717, 1.165) is 38.0 Å². The Labute approximate surface area is 317 Å². The summed E-state index contributed by atoms with van der Waals surface area (Å²) < 4.78 is 69.8. The number of hydrogen-bond donors (Lipinski definition) is 4. The third-order valence-corrected chi connectivity index (χ3v) is 12.1. The van der Waals surface area contributed by atoms with Crippen LogP contribution < -0.4 is 22.5 Å². The van der Waals surface area contributed by atoms with E-state index in [9.17, 15) is 26.4 Å². The van der Waals surface area contributed by atoms with Gasteiger partial charge in [-0.15, -0.1) is 0 Å². The van der Waals surface area contributed by atoms with Crippen molar-refractivity contribution in [1.29, 1.82) is 0 Å². The number of nitrogens with zero attached hydrogens (tertiary/aromatic N) is 4. The molecule has 0 amide bonds. The predicted octanol–water partition coefficient (Wildman–Crippen LogP) is 5.44. The number of alkyl halides is 3. The van der Waals surface area contributed by atoms with Crippen molar-refractivity contribution in [1.82, 2.24) is 29.1 Å². The van der Waals surface area contributed by atoms with Crippen LogP contribution in [0.3, 0.4) is 0 Å². The second-order valence-corrected chi connectivity index (χ2v) is 16.4. The number of sulfonamides is 1. The van der Waals surface area contributed by atoms with E-state index in [1.54, 1.807) is 42.6 Å². The Hall–Kier alpha value is -4.03. The average molecular weight is 783 g/mol. The molecule has 0 saturated carbocycles. The van der Waals surface area contributed by atoms with Crippen molar-refractivity contribution in [3.8, 4) is 16.9 Å². The van der Waals surface area contributed by atoms with Crippen LogP contribution in [-0.2, 0) is 23.1 Å². The van der Waals surface area contributed by atoms with Gasteiger partial charge in [-0.1, -0.05) is 36.4 Å². The average Bonchev–Trinajstić information content (AvgIpc) is 3.58. The van der Waals surface area contributed by atoms with E-state index >= 15 is 0 Å². The molecule has 0 bridgehead atoms. The largest absolute Gasteiger partial charge is 0.446 e. The molecule has 54 heavy (non-hydrogen) atoms. The quantitative estimate of drug-likeness (QED) is 0.0959. The van der Waals surface area contributed by atoms with Gasteiger partial charge in [0.15, 0.2) is 0 Å². The highest BCUT2D eigenvalue weighted by Gasteiger charge is 2.33. The van der Waals surface area contributed by atoms with Gasteiger partial charge in [0.2, 0.25) is 10.0 Å². The second kappa shape index (κ2) is 17.6. The topological polar surface area (TPSA) is 155 Å². The van der Waals surface area contributed by atoms with E-state index in [1.807, 2.05) is 30.3 Å². The van der Waals surface area contributed by atoms with Crippen LogP contribution in [0.1, 0.15) is 36.8 Å². The zero-order valence-electron chi connectivity index (χ0n) is 29.8. The molecule has 0 aliphatic carbocycles. The number of aromatic nitrogens is 3. The highest BCUT2D eigenvalue weighted by molar-refractivity contribution is 8.00. The Morgan fingerprint density at radius 1 is 0.870 bits per heavy atom. The first-order chi connectivity index (χ1) is 25.9. The van der Waals surface area contributed by atoms with Crippen molar-refractivity contribution in [3.63, 3.8) is 0 Å². The van der Waals surface area contributed by atoms with Crippen molar-refractivity contribution in [2.24, 2.45) is 11.5 Å².